The van der Waals surface area contributed by atoms with Gasteiger partial charge in [0.05, 0.1) is 10.2 Å². The van der Waals surface area contributed by atoms with Gasteiger partial charge in [-0.2, -0.15) is 0 Å². The Kier molecular flexibility index (Phi) is 3.83. The second-order valence-corrected chi connectivity index (χ2v) is 4.11. The predicted octanol–water partition coefficient (Wildman–Crippen LogP) is 2.09. The van der Waals surface area contributed by atoms with Gasteiger partial charge in [0.1, 0.15) is 12.4 Å². The van der Waals surface area contributed by atoms with E-state index in [1.165, 1.54) is 0 Å². The average molecular weight is 260 g/mol. The SMILES string of the molecule is COCc1nc(N)c(Br)c(C(C)C)n1. The summed E-state index contributed by atoms with van der Waals surface area (Å²) in [6.45, 7) is 4.50. The quantitative estimate of drug-likeness (QED) is 0.903. The fourth-order valence-electron chi connectivity index (χ4n) is 1.11. The standard InChI is InChI=1S/C9H14BrN3O/c1-5(2)8-7(10)9(11)13-6(12-8)4-14-3/h5H,4H2,1-3H3,(H2,11,12,13). The third-order valence-corrected chi connectivity index (χ3v) is 2.58. The average Bonchev–Trinajstić information content (AvgIpc) is 2.11. The number of aromatic nitrogens is 2. The molecule has 2 N–H and O–H groups in total. The Labute approximate surface area is 92.0 Å². The number of hydrogen-bond acceptors (Lipinski definition) is 4. The van der Waals surface area contributed by atoms with Crippen LogP contribution in [0.2, 0.25) is 0 Å². The molecule has 0 aliphatic heterocycles. The van der Waals surface area contributed by atoms with Gasteiger partial charge >= 0.3 is 0 Å². The van der Waals surface area contributed by atoms with E-state index in [1.807, 2.05) is 0 Å². The van der Waals surface area contributed by atoms with Gasteiger partial charge in [0.15, 0.2) is 5.82 Å². The zero-order valence-electron chi connectivity index (χ0n) is 8.54. The molecule has 1 aromatic heterocycles. The molecule has 0 spiro atoms. The Hall–Kier alpha value is -0.680. The Bertz CT molecular complexity index is 328. The molecule has 0 fully saturated rings. The molecule has 0 amide bonds. The molecule has 0 saturated heterocycles. The number of anilines is 1. The second-order valence-electron chi connectivity index (χ2n) is 3.31. The molecule has 0 radical (unpaired) electrons. The van der Waals surface area contributed by atoms with Crippen LogP contribution < -0.4 is 5.73 Å². The van der Waals surface area contributed by atoms with Crippen molar-refractivity contribution in [3.8, 4) is 0 Å². The normalized spacial score (nSPS) is 10.9. The number of nitrogens with two attached hydrogens (primary N) is 1. The molecule has 14 heavy (non-hydrogen) atoms. The predicted molar refractivity (Wildman–Crippen MR) is 58.9 cm³/mol. The van der Waals surface area contributed by atoms with Crippen molar-refractivity contribution < 1.29 is 4.74 Å². The van der Waals surface area contributed by atoms with E-state index in [0.717, 1.165) is 10.2 Å². The molecule has 4 nitrogen and oxygen atoms in total. The lowest BCUT2D eigenvalue weighted by molar-refractivity contribution is 0.177. The summed E-state index contributed by atoms with van der Waals surface area (Å²) in [6.07, 6.45) is 0. The van der Waals surface area contributed by atoms with Gasteiger partial charge < -0.3 is 10.5 Å². The highest BCUT2D eigenvalue weighted by molar-refractivity contribution is 9.10. The van der Waals surface area contributed by atoms with Crippen molar-refractivity contribution in [2.75, 3.05) is 12.8 Å². The number of rotatable bonds is 3. The fourth-order valence-corrected chi connectivity index (χ4v) is 1.74. The van der Waals surface area contributed by atoms with E-state index < -0.39 is 0 Å². The summed E-state index contributed by atoms with van der Waals surface area (Å²) in [5.41, 5.74) is 6.66. The maximum absolute atomic E-state index is 5.74. The number of nitrogen functional groups attached to an aromatic ring is 1. The van der Waals surface area contributed by atoms with Crippen molar-refractivity contribution in [1.29, 1.82) is 0 Å². The van der Waals surface area contributed by atoms with Crippen LogP contribution in [0.4, 0.5) is 5.82 Å². The molecule has 0 saturated carbocycles. The molecule has 5 heteroatoms. The summed E-state index contributed by atoms with van der Waals surface area (Å²) in [6, 6.07) is 0. The van der Waals surface area contributed by atoms with Crippen LogP contribution in [-0.2, 0) is 11.3 Å². The van der Waals surface area contributed by atoms with Crippen molar-refractivity contribution in [3.63, 3.8) is 0 Å². The van der Waals surface area contributed by atoms with Crippen molar-refractivity contribution >= 4 is 21.7 Å². The molecule has 0 bridgehead atoms. The number of methoxy groups -OCH3 is 1. The van der Waals surface area contributed by atoms with E-state index in [4.69, 9.17) is 10.5 Å². The Morgan fingerprint density at radius 3 is 2.57 bits per heavy atom. The molecule has 0 aliphatic rings. The molecular weight excluding hydrogens is 246 g/mol. The molecule has 78 valence electrons. The highest BCUT2D eigenvalue weighted by Gasteiger charge is 2.12. The van der Waals surface area contributed by atoms with Gasteiger partial charge in [0.2, 0.25) is 0 Å². The van der Waals surface area contributed by atoms with Gasteiger partial charge in [0.25, 0.3) is 0 Å². The van der Waals surface area contributed by atoms with E-state index >= 15 is 0 Å². The van der Waals surface area contributed by atoms with Gasteiger partial charge in [0, 0.05) is 7.11 Å². The Balaban J connectivity index is 3.14. The topological polar surface area (TPSA) is 61.0 Å². The second kappa shape index (κ2) is 4.70. The summed E-state index contributed by atoms with van der Waals surface area (Å²) < 4.78 is 5.75. The lowest BCUT2D eigenvalue weighted by Crippen LogP contribution is -2.07. The largest absolute Gasteiger partial charge is 0.383 e. The summed E-state index contributed by atoms with van der Waals surface area (Å²) in [7, 11) is 1.61. The van der Waals surface area contributed by atoms with Crippen LogP contribution in [0.25, 0.3) is 0 Å². The first kappa shape index (κ1) is 11.4. The Morgan fingerprint density at radius 2 is 2.07 bits per heavy atom. The minimum Gasteiger partial charge on any atom is -0.383 e. The lowest BCUT2D eigenvalue weighted by Gasteiger charge is -2.10. The maximum Gasteiger partial charge on any atom is 0.156 e. The number of hydrogen-bond donors (Lipinski definition) is 1. The first-order chi connectivity index (χ1) is 6.56. The molecule has 1 aromatic rings. The lowest BCUT2D eigenvalue weighted by atomic mass is 10.1. The van der Waals surface area contributed by atoms with Gasteiger partial charge in [-0.3, -0.25) is 0 Å². The van der Waals surface area contributed by atoms with Crippen molar-refractivity contribution in [3.05, 3.63) is 16.0 Å². The highest BCUT2D eigenvalue weighted by atomic mass is 79.9. The van der Waals surface area contributed by atoms with Gasteiger partial charge in [-0.05, 0) is 21.8 Å². The number of ether oxygens (including phenoxy) is 1. The van der Waals surface area contributed by atoms with Crippen LogP contribution in [0, 0.1) is 0 Å². The third-order valence-electron chi connectivity index (χ3n) is 1.77. The minimum absolute atomic E-state index is 0.310. The molecular formula is C9H14BrN3O. The number of halogens is 1. The first-order valence-corrected chi connectivity index (χ1v) is 5.16. The van der Waals surface area contributed by atoms with Crippen molar-refractivity contribution in [2.45, 2.75) is 26.4 Å². The zero-order valence-corrected chi connectivity index (χ0v) is 10.1. The molecule has 1 heterocycles. The molecule has 0 atom stereocenters. The monoisotopic (exact) mass is 259 g/mol. The van der Waals surface area contributed by atoms with Crippen LogP contribution in [0.3, 0.4) is 0 Å². The van der Waals surface area contributed by atoms with E-state index in [2.05, 4.69) is 39.7 Å². The van der Waals surface area contributed by atoms with E-state index in [1.54, 1.807) is 7.11 Å². The zero-order chi connectivity index (χ0) is 10.7. The van der Waals surface area contributed by atoms with E-state index in [-0.39, 0.29) is 0 Å². The summed E-state index contributed by atoms with van der Waals surface area (Å²) >= 11 is 3.38. The minimum atomic E-state index is 0.310. The summed E-state index contributed by atoms with van der Waals surface area (Å²) in [5, 5.41) is 0. The third kappa shape index (κ3) is 2.42. The molecule has 0 aromatic carbocycles. The fraction of sp³-hybridized carbons (Fsp3) is 0.556. The van der Waals surface area contributed by atoms with Crippen LogP contribution >= 0.6 is 15.9 Å². The van der Waals surface area contributed by atoms with Crippen LogP contribution in [0.5, 0.6) is 0 Å². The maximum atomic E-state index is 5.74. The van der Waals surface area contributed by atoms with Crippen molar-refractivity contribution in [1.82, 2.24) is 9.97 Å². The molecule has 1 rings (SSSR count). The smallest absolute Gasteiger partial charge is 0.156 e. The highest BCUT2D eigenvalue weighted by Crippen LogP contribution is 2.26. The number of nitrogens with zero attached hydrogens (tertiary/aromatic N) is 2. The van der Waals surface area contributed by atoms with Crippen molar-refractivity contribution in [2.24, 2.45) is 0 Å². The Morgan fingerprint density at radius 1 is 1.43 bits per heavy atom. The molecule has 0 aliphatic carbocycles. The van der Waals surface area contributed by atoms with Gasteiger partial charge in [-0.25, -0.2) is 9.97 Å². The van der Waals surface area contributed by atoms with Gasteiger partial charge in [-0.15, -0.1) is 0 Å². The van der Waals surface area contributed by atoms with Gasteiger partial charge in [-0.1, -0.05) is 13.8 Å². The summed E-state index contributed by atoms with van der Waals surface area (Å²) in [5.74, 6) is 1.40. The van der Waals surface area contributed by atoms with E-state index in [9.17, 15) is 0 Å². The van der Waals surface area contributed by atoms with Crippen LogP contribution in [0.1, 0.15) is 31.3 Å². The van der Waals surface area contributed by atoms with Crippen LogP contribution in [0.15, 0.2) is 4.47 Å². The van der Waals surface area contributed by atoms with Crippen LogP contribution in [-0.4, -0.2) is 17.1 Å². The molecule has 0 unspecified atom stereocenters. The van der Waals surface area contributed by atoms with E-state index in [0.29, 0.717) is 24.2 Å². The first-order valence-electron chi connectivity index (χ1n) is 4.37. The summed E-state index contributed by atoms with van der Waals surface area (Å²) in [4.78, 5) is 8.46.